The molecule has 0 aliphatic carbocycles. The van der Waals surface area contributed by atoms with E-state index in [-0.39, 0.29) is 18.2 Å². The molecule has 132 valence electrons. The first-order chi connectivity index (χ1) is 12.0. The second kappa shape index (κ2) is 6.92. The monoisotopic (exact) mass is 344 g/mol. The number of fused-ring (bicyclic) bond motifs is 1. The second-order valence-corrected chi connectivity index (χ2v) is 5.90. The lowest BCUT2D eigenvalue weighted by Crippen LogP contribution is -2.40. The van der Waals surface area contributed by atoms with E-state index in [1.807, 2.05) is 26.0 Å². The number of nitrogens with zero attached hydrogens (tertiary/aromatic N) is 4. The van der Waals surface area contributed by atoms with Gasteiger partial charge in [-0.25, -0.2) is 4.79 Å². The van der Waals surface area contributed by atoms with Crippen LogP contribution in [0, 0.1) is 6.92 Å². The van der Waals surface area contributed by atoms with Gasteiger partial charge in [-0.3, -0.25) is 14.5 Å². The van der Waals surface area contributed by atoms with E-state index in [4.69, 9.17) is 9.84 Å². The normalized spacial score (nSPS) is 13.4. The van der Waals surface area contributed by atoms with E-state index in [1.54, 1.807) is 9.58 Å². The molecule has 0 spiro atoms. The van der Waals surface area contributed by atoms with Crippen molar-refractivity contribution in [3.8, 4) is 5.75 Å². The average molecular weight is 344 g/mol. The van der Waals surface area contributed by atoms with Gasteiger partial charge in [-0.2, -0.15) is 5.10 Å². The van der Waals surface area contributed by atoms with Crippen LogP contribution < -0.4 is 4.74 Å². The number of aromatic nitrogens is 3. The Morgan fingerprint density at radius 3 is 2.84 bits per heavy atom. The van der Waals surface area contributed by atoms with E-state index in [9.17, 15) is 9.59 Å². The highest BCUT2D eigenvalue weighted by Crippen LogP contribution is 2.18. The third-order valence-electron chi connectivity index (χ3n) is 4.13. The summed E-state index contributed by atoms with van der Waals surface area (Å²) < 4.78 is 7.29. The molecule has 0 saturated heterocycles. The molecule has 3 rings (SSSR count). The minimum absolute atomic E-state index is 0.00105. The number of hydrogen-bond acceptors (Lipinski definition) is 5. The molecule has 1 aliphatic heterocycles. The smallest absolute Gasteiger partial charge is 0.356 e. The molecule has 1 N–H and O–H groups in total. The fourth-order valence-electron chi connectivity index (χ4n) is 2.80. The van der Waals surface area contributed by atoms with Gasteiger partial charge in [0, 0.05) is 12.2 Å². The van der Waals surface area contributed by atoms with Gasteiger partial charge in [-0.1, -0.05) is 6.92 Å². The topological polar surface area (TPSA) is 97.5 Å². The Hall–Kier alpha value is -2.90. The Kier molecular flexibility index (Phi) is 4.69. The highest BCUT2D eigenvalue weighted by atomic mass is 16.5. The number of rotatable bonds is 5. The van der Waals surface area contributed by atoms with Crippen molar-refractivity contribution in [2.75, 3.05) is 13.2 Å². The maximum atomic E-state index is 12.4. The highest BCUT2D eigenvalue weighted by molar-refractivity contribution is 5.85. The lowest BCUT2D eigenvalue weighted by atomic mass is 10.2. The summed E-state index contributed by atoms with van der Waals surface area (Å²) >= 11 is 0. The third kappa shape index (κ3) is 3.62. The van der Waals surface area contributed by atoms with Crippen LogP contribution in [-0.2, 0) is 24.3 Å². The summed E-state index contributed by atoms with van der Waals surface area (Å²) in [6, 6.07) is 5.19. The van der Waals surface area contributed by atoms with Crippen molar-refractivity contribution >= 4 is 11.9 Å². The molecule has 1 amide bonds. The lowest BCUT2D eigenvalue weighted by Gasteiger charge is -2.27. The molecule has 3 heterocycles. The number of hydrogen-bond donors (Lipinski definition) is 1. The van der Waals surface area contributed by atoms with Crippen LogP contribution in [0.4, 0.5) is 0 Å². The Labute approximate surface area is 145 Å². The van der Waals surface area contributed by atoms with Gasteiger partial charge in [0.05, 0.1) is 24.5 Å². The Bertz CT molecular complexity index is 815. The molecule has 2 aromatic rings. The van der Waals surface area contributed by atoms with Gasteiger partial charge in [0.25, 0.3) is 5.91 Å². The SMILES string of the molecule is CCc1nc(C)ccc1OCC(=O)N1CCn2nc(C(=O)O)cc2C1. The summed E-state index contributed by atoms with van der Waals surface area (Å²) in [5.41, 5.74) is 2.45. The Morgan fingerprint density at radius 1 is 1.32 bits per heavy atom. The summed E-state index contributed by atoms with van der Waals surface area (Å²) in [6.45, 7) is 5.11. The molecule has 0 bridgehead atoms. The molecule has 0 atom stereocenters. The van der Waals surface area contributed by atoms with Gasteiger partial charge < -0.3 is 14.7 Å². The minimum Gasteiger partial charge on any atom is -0.482 e. The van der Waals surface area contributed by atoms with Crippen molar-refractivity contribution in [2.45, 2.75) is 33.4 Å². The highest BCUT2D eigenvalue weighted by Gasteiger charge is 2.24. The van der Waals surface area contributed by atoms with Gasteiger partial charge >= 0.3 is 5.97 Å². The quantitative estimate of drug-likeness (QED) is 0.877. The van der Waals surface area contributed by atoms with Crippen LogP contribution in [0.25, 0.3) is 0 Å². The number of ether oxygens (including phenoxy) is 1. The lowest BCUT2D eigenvalue weighted by molar-refractivity contribution is -0.134. The number of aromatic carboxylic acids is 1. The summed E-state index contributed by atoms with van der Waals surface area (Å²) in [6.07, 6.45) is 0.728. The zero-order valence-corrected chi connectivity index (χ0v) is 14.2. The molecular weight excluding hydrogens is 324 g/mol. The first kappa shape index (κ1) is 16.9. The van der Waals surface area contributed by atoms with Gasteiger partial charge in [-0.05, 0) is 31.5 Å². The van der Waals surface area contributed by atoms with E-state index in [0.717, 1.165) is 17.8 Å². The van der Waals surface area contributed by atoms with Crippen LogP contribution >= 0.6 is 0 Å². The van der Waals surface area contributed by atoms with Crippen LogP contribution in [0.5, 0.6) is 5.75 Å². The van der Waals surface area contributed by atoms with Crippen molar-refractivity contribution in [3.63, 3.8) is 0 Å². The van der Waals surface area contributed by atoms with E-state index in [2.05, 4.69) is 10.1 Å². The van der Waals surface area contributed by atoms with Crippen molar-refractivity contribution in [3.05, 3.63) is 41.0 Å². The number of carbonyl (C=O) groups excluding carboxylic acids is 1. The zero-order valence-electron chi connectivity index (χ0n) is 14.2. The van der Waals surface area contributed by atoms with Crippen LogP contribution in [0.1, 0.15) is 34.5 Å². The fourth-order valence-corrected chi connectivity index (χ4v) is 2.80. The third-order valence-corrected chi connectivity index (χ3v) is 4.13. The van der Waals surface area contributed by atoms with Gasteiger partial charge in [0.2, 0.25) is 0 Å². The molecule has 0 saturated carbocycles. The maximum Gasteiger partial charge on any atom is 0.356 e. The van der Waals surface area contributed by atoms with E-state index >= 15 is 0 Å². The van der Waals surface area contributed by atoms with Gasteiger partial charge in [0.1, 0.15) is 5.75 Å². The number of carbonyl (C=O) groups is 2. The summed E-state index contributed by atoms with van der Waals surface area (Å²) in [5.74, 6) is -0.592. The summed E-state index contributed by atoms with van der Waals surface area (Å²) in [5, 5.41) is 13.0. The molecule has 8 heteroatoms. The fraction of sp³-hybridized carbons (Fsp3) is 0.412. The van der Waals surface area contributed by atoms with Crippen LogP contribution in [0.15, 0.2) is 18.2 Å². The summed E-state index contributed by atoms with van der Waals surface area (Å²) in [4.78, 5) is 29.5. The Morgan fingerprint density at radius 2 is 2.12 bits per heavy atom. The maximum absolute atomic E-state index is 12.4. The predicted molar refractivity (Wildman–Crippen MR) is 88.5 cm³/mol. The number of carboxylic acids is 1. The molecule has 0 aromatic carbocycles. The summed E-state index contributed by atoms with van der Waals surface area (Å²) in [7, 11) is 0. The molecule has 0 radical (unpaired) electrons. The Balaban J connectivity index is 1.63. The van der Waals surface area contributed by atoms with Crippen LogP contribution in [-0.4, -0.2) is 49.8 Å². The number of carboxylic acid groups (broad SMARTS) is 1. The first-order valence-electron chi connectivity index (χ1n) is 8.15. The number of aryl methyl sites for hydroxylation is 2. The number of pyridine rings is 1. The predicted octanol–water partition coefficient (Wildman–Crippen LogP) is 1.27. The van der Waals surface area contributed by atoms with Crippen molar-refractivity contribution in [2.24, 2.45) is 0 Å². The van der Waals surface area contributed by atoms with Gasteiger partial charge in [0.15, 0.2) is 12.3 Å². The molecule has 0 fully saturated rings. The van der Waals surface area contributed by atoms with Crippen LogP contribution in [0.3, 0.4) is 0 Å². The molecule has 2 aromatic heterocycles. The molecular formula is C17H20N4O4. The minimum atomic E-state index is -1.07. The molecule has 1 aliphatic rings. The second-order valence-electron chi connectivity index (χ2n) is 5.90. The van der Waals surface area contributed by atoms with E-state index in [0.29, 0.717) is 31.1 Å². The largest absolute Gasteiger partial charge is 0.482 e. The van der Waals surface area contributed by atoms with Crippen LogP contribution in [0.2, 0.25) is 0 Å². The van der Waals surface area contributed by atoms with Crippen molar-refractivity contribution < 1.29 is 19.4 Å². The first-order valence-corrected chi connectivity index (χ1v) is 8.15. The number of amides is 1. The molecule has 25 heavy (non-hydrogen) atoms. The molecule has 0 unspecified atom stereocenters. The standard InChI is InChI=1S/C17H20N4O4/c1-3-13-15(5-4-11(2)18-13)25-10-16(22)20-6-7-21-12(9-20)8-14(19-21)17(23)24/h4-5,8H,3,6-7,9-10H2,1-2H3,(H,23,24). The van der Waals surface area contributed by atoms with Gasteiger partial charge in [-0.15, -0.1) is 0 Å². The van der Waals surface area contributed by atoms with Crippen molar-refractivity contribution in [1.82, 2.24) is 19.7 Å². The van der Waals surface area contributed by atoms with E-state index < -0.39 is 5.97 Å². The zero-order chi connectivity index (χ0) is 18.0. The van der Waals surface area contributed by atoms with E-state index in [1.165, 1.54) is 6.07 Å². The molecule has 8 nitrogen and oxygen atoms in total. The van der Waals surface area contributed by atoms with Crippen molar-refractivity contribution in [1.29, 1.82) is 0 Å². The average Bonchev–Trinajstić information content (AvgIpc) is 3.03.